The zero-order valence-corrected chi connectivity index (χ0v) is 10.6. The van der Waals surface area contributed by atoms with Gasteiger partial charge in [0.1, 0.15) is 0 Å². The summed E-state index contributed by atoms with van der Waals surface area (Å²) in [5.41, 5.74) is 5.14. The molecule has 1 saturated heterocycles. The highest BCUT2D eigenvalue weighted by molar-refractivity contribution is 5.78. The van der Waals surface area contributed by atoms with E-state index in [2.05, 4.69) is 10.2 Å². The molecule has 17 heavy (non-hydrogen) atoms. The molecular formula is C11H22N4O2. The number of carbonyl (C=O) groups is 2. The Labute approximate surface area is 102 Å². The van der Waals surface area contributed by atoms with Gasteiger partial charge in [0.2, 0.25) is 11.8 Å². The quantitative estimate of drug-likeness (QED) is 0.622. The number of nitrogens with two attached hydrogens (primary N) is 1. The van der Waals surface area contributed by atoms with E-state index in [-0.39, 0.29) is 17.9 Å². The molecule has 0 spiro atoms. The molecule has 1 aliphatic heterocycles. The first kappa shape index (κ1) is 13.9. The van der Waals surface area contributed by atoms with Crippen LogP contribution in [0.15, 0.2) is 0 Å². The Bertz CT molecular complexity index is 273. The minimum atomic E-state index is -0.295. The summed E-state index contributed by atoms with van der Waals surface area (Å²) < 4.78 is 0. The Morgan fingerprint density at radius 2 is 1.59 bits per heavy atom. The molecule has 0 aromatic carbocycles. The Kier molecular flexibility index (Phi) is 5.37. The molecule has 0 unspecified atom stereocenters. The number of primary amides is 1. The summed E-state index contributed by atoms with van der Waals surface area (Å²) in [6.07, 6.45) is 0. The van der Waals surface area contributed by atoms with Crippen LogP contribution in [-0.4, -0.2) is 66.9 Å². The van der Waals surface area contributed by atoms with E-state index in [1.54, 1.807) is 0 Å². The molecule has 98 valence electrons. The van der Waals surface area contributed by atoms with Crippen LogP contribution in [0.5, 0.6) is 0 Å². The topological polar surface area (TPSA) is 78.7 Å². The van der Waals surface area contributed by atoms with Gasteiger partial charge in [-0.15, -0.1) is 0 Å². The molecular weight excluding hydrogens is 220 g/mol. The molecule has 2 amide bonds. The fourth-order valence-electron chi connectivity index (χ4n) is 1.90. The molecule has 0 aromatic heterocycles. The van der Waals surface area contributed by atoms with Crippen molar-refractivity contribution in [3.05, 3.63) is 0 Å². The lowest BCUT2D eigenvalue weighted by Gasteiger charge is -2.33. The largest absolute Gasteiger partial charge is 0.369 e. The molecule has 0 aliphatic carbocycles. The van der Waals surface area contributed by atoms with Crippen LogP contribution < -0.4 is 11.1 Å². The Morgan fingerprint density at radius 3 is 2.00 bits per heavy atom. The van der Waals surface area contributed by atoms with Gasteiger partial charge in [0, 0.05) is 32.2 Å². The fourth-order valence-corrected chi connectivity index (χ4v) is 1.90. The molecule has 1 rings (SSSR count). The molecule has 6 nitrogen and oxygen atoms in total. The van der Waals surface area contributed by atoms with Crippen molar-refractivity contribution in [2.75, 3.05) is 39.3 Å². The maximum absolute atomic E-state index is 11.5. The van der Waals surface area contributed by atoms with Crippen LogP contribution in [0.2, 0.25) is 0 Å². The normalized spacial score (nSPS) is 18.3. The molecule has 1 heterocycles. The summed E-state index contributed by atoms with van der Waals surface area (Å²) in [5.74, 6) is -0.237. The van der Waals surface area contributed by atoms with Crippen LogP contribution in [0.4, 0.5) is 0 Å². The smallest absolute Gasteiger partial charge is 0.234 e. The van der Waals surface area contributed by atoms with Crippen molar-refractivity contribution >= 4 is 11.8 Å². The highest BCUT2D eigenvalue weighted by atomic mass is 16.2. The molecule has 0 atom stereocenters. The number of piperazine rings is 1. The van der Waals surface area contributed by atoms with Gasteiger partial charge in [-0.1, -0.05) is 0 Å². The Morgan fingerprint density at radius 1 is 1.12 bits per heavy atom. The van der Waals surface area contributed by atoms with Crippen LogP contribution in [0.1, 0.15) is 13.8 Å². The predicted molar refractivity (Wildman–Crippen MR) is 65.4 cm³/mol. The first-order valence-corrected chi connectivity index (χ1v) is 5.99. The van der Waals surface area contributed by atoms with Crippen molar-refractivity contribution in [3.8, 4) is 0 Å². The molecule has 0 aromatic rings. The molecule has 1 aliphatic rings. The standard InChI is InChI=1S/C11H22N4O2/c1-9(2)13-11(17)8-15-5-3-14(4-6-15)7-10(12)16/h9H,3-8H2,1-2H3,(H2,12,16)(H,13,17). The first-order valence-electron chi connectivity index (χ1n) is 5.99. The number of rotatable bonds is 5. The van der Waals surface area contributed by atoms with Crippen molar-refractivity contribution in [2.24, 2.45) is 5.73 Å². The summed E-state index contributed by atoms with van der Waals surface area (Å²) in [5, 5.41) is 2.87. The Balaban J connectivity index is 2.23. The van der Waals surface area contributed by atoms with E-state index in [1.165, 1.54) is 0 Å². The molecule has 0 saturated carbocycles. The second-order valence-corrected chi connectivity index (χ2v) is 4.74. The van der Waals surface area contributed by atoms with Crippen LogP contribution in [-0.2, 0) is 9.59 Å². The number of nitrogens with one attached hydrogen (secondary N) is 1. The second kappa shape index (κ2) is 6.56. The summed E-state index contributed by atoms with van der Waals surface area (Å²) in [7, 11) is 0. The zero-order valence-electron chi connectivity index (χ0n) is 10.6. The number of amides is 2. The van der Waals surface area contributed by atoms with E-state index < -0.39 is 0 Å². The minimum absolute atomic E-state index is 0.0587. The summed E-state index contributed by atoms with van der Waals surface area (Å²) >= 11 is 0. The third-order valence-electron chi connectivity index (χ3n) is 2.66. The van der Waals surface area contributed by atoms with Gasteiger partial charge >= 0.3 is 0 Å². The van der Waals surface area contributed by atoms with Gasteiger partial charge in [-0.05, 0) is 13.8 Å². The van der Waals surface area contributed by atoms with Gasteiger partial charge in [0.25, 0.3) is 0 Å². The lowest BCUT2D eigenvalue weighted by Crippen LogP contribution is -2.51. The van der Waals surface area contributed by atoms with Crippen molar-refractivity contribution in [2.45, 2.75) is 19.9 Å². The van der Waals surface area contributed by atoms with Crippen LogP contribution in [0.3, 0.4) is 0 Å². The number of hydrogen-bond donors (Lipinski definition) is 2. The molecule has 6 heteroatoms. The van der Waals surface area contributed by atoms with Crippen LogP contribution in [0, 0.1) is 0 Å². The molecule has 0 radical (unpaired) electrons. The fraction of sp³-hybridized carbons (Fsp3) is 0.818. The minimum Gasteiger partial charge on any atom is -0.369 e. The van der Waals surface area contributed by atoms with Crippen molar-refractivity contribution in [1.29, 1.82) is 0 Å². The van der Waals surface area contributed by atoms with Gasteiger partial charge in [0.15, 0.2) is 0 Å². The maximum Gasteiger partial charge on any atom is 0.234 e. The average molecular weight is 242 g/mol. The van der Waals surface area contributed by atoms with Crippen molar-refractivity contribution < 1.29 is 9.59 Å². The van der Waals surface area contributed by atoms with E-state index in [4.69, 9.17) is 5.73 Å². The SMILES string of the molecule is CC(C)NC(=O)CN1CCN(CC(N)=O)CC1. The van der Waals surface area contributed by atoms with Crippen molar-refractivity contribution in [3.63, 3.8) is 0 Å². The first-order chi connectivity index (χ1) is 7.97. The average Bonchev–Trinajstić information content (AvgIpc) is 2.18. The van der Waals surface area contributed by atoms with Gasteiger partial charge in [-0.2, -0.15) is 0 Å². The summed E-state index contributed by atoms with van der Waals surface area (Å²) in [6.45, 7) is 7.83. The second-order valence-electron chi connectivity index (χ2n) is 4.74. The van der Waals surface area contributed by atoms with Crippen molar-refractivity contribution in [1.82, 2.24) is 15.1 Å². The maximum atomic E-state index is 11.5. The number of carbonyl (C=O) groups excluding carboxylic acids is 2. The lowest BCUT2D eigenvalue weighted by atomic mass is 10.3. The molecule has 0 bridgehead atoms. The Hall–Kier alpha value is -1.14. The predicted octanol–water partition coefficient (Wildman–Crippen LogP) is -1.39. The summed E-state index contributed by atoms with van der Waals surface area (Å²) in [4.78, 5) is 26.4. The van der Waals surface area contributed by atoms with Gasteiger partial charge in [0.05, 0.1) is 13.1 Å². The van der Waals surface area contributed by atoms with Crippen LogP contribution in [0.25, 0.3) is 0 Å². The van der Waals surface area contributed by atoms with E-state index in [9.17, 15) is 9.59 Å². The third-order valence-corrected chi connectivity index (χ3v) is 2.66. The van der Waals surface area contributed by atoms with Gasteiger partial charge in [-0.3, -0.25) is 19.4 Å². The van der Waals surface area contributed by atoms with Crippen LogP contribution >= 0.6 is 0 Å². The highest BCUT2D eigenvalue weighted by Gasteiger charge is 2.19. The summed E-state index contributed by atoms with van der Waals surface area (Å²) in [6, 6.07) is 0.179. The monoisotopic (exact) mass is 242 g/mol. The third kappa shape index (κ3) is 5.65. The van der Waals surface area contributed by atoms with Gasteiger partial charge in [-0.25, -0.2) is 0 Å². The zero-order chi connectivity index (χ0) is 12.8. The van der Waals surface area contributed by atoms with E-state index >= 15 is 0 Å². The van der Waals surface area contributed by atoms with E-state index in [1.807, 2.05) is 18.7 Å². The van der Waals surface area contributed by atoms with Gasteiger partial charge < -0.3 is 11.1 Å². The number of hydrogen-bond acceptors (Lipinski definition) is 4. The molecule has 1 fully saturated rings. The molecule has 3 N–H and O–H groups in total. The number of nitrogens with zero attached hydrogens (tertiary/aromatic N) is 2. The highest BCUT2D eigenvalue weighted by Crippen LogP contribution is 2.00. The van der Waals surface area contributed by atoms with E-state index in [0.717, 1.165) is 26.2 Å². The van der Waals surface area contributed by atoms with E-state index in [0.29, 0.717) is 13.1 Å². The lowest BCUT2D eigenvalue weighted by molar-refractivity contribution is -0.124.